The fourth-order valence-corrected chi connectivity index (χ4v) is 5.11. The van der Waals surface area contributed by atoms with Crippen molar-refractivity contribution in [2.75, 3.05) is 0 Å². The van der Waals surface area contributed by atoms with Gasteiger partial charge >= 0.3 is 23.9 Å². The van der Waals surface area contributed by atoms with E-state index in [1.807, 2.05) is 0 Å². The molecule has 0 amide bonds. The van der Waals surface area contributed by atoms with Crippen molar-refractivity contribution in [1.82, 2.24) is 0 Å². The van der Waals surface area contributed by atoms with Gasteiger partial charge in [-0.2, -0.15) is 0 Å². The van der Waals surface area contributed by atoms with Crippen LogP contribution in [0.15, 0.2) is 109 Å². The van der Waals surface area contributed by atoms with Gasteiger partial charge in [-0.25, -0.2) is 28.0 Å². The molecule has 1 aliphatic carbocycles. The number of carbonyl (C=O) groups is 4. The highest BCUT2D eigenvalue weighted by atomic mass is 19.3. The predicted molar refractivity (Wildman–Crippen MR) is 158 cm³/mol. The third-order valence-electron chi connectivity index (χ3n) is 7.28. The Morgan fingerprint density at radius 1 is 0.478 bits per heavy atom. The van der Waals surface area contributed by atoms with Crippen LogP contribution < -0.4 is 9.47 Å². The smallest absolute Gasteiger partial charge is 0.336 e. The van der Waals surface area contributed by atoms with Crippen molar-refractivity contribution >= 4 is 23.9 Å². The zero-order chi connectivity index (χ0) is 33.2. The Morgan fingerprint density at radius 2 is 0.826 bits per heavy atom. The van der Waals surface area contributed by atoms with Gasteiger partial charge in [-0.3, -0.25) is 0 Å². The van der Waals surface area contributed by atoms with Crippen LogP contribution in [-0.4, -0.2) is 50.2 Å². The van der Waals surface area contributed by atoms with E-state index in [9.17, 15) is 39.6 Å². The number of hydrogen-bond acceptors (Lipinski definition) is 6. The van der Waals surface area contributed by atoms with Gasteiger partial charge in [-0.15, -0.1) is 0 Å². The third kappa shape index (κ3) is 5.78. The molecule has 4 aromatic carbocycles. The van der Waals surface area contributed by atoms with Gasteiger partial charge in [0.15, 0.2) is 0 Å². The van der Waals surface area contributed by atoms with E-state index in [-0.39, 0.29) is 34.1 Å². The van der Waals surface area contributed by atoms with E-state index >= 15 is 8.78 Å². The van der Waals surface area contributed by atoms with Crippen LogP contribution in [-0.2, 0) is 5.41 Å². The lowest BCUT2D eigenvalue weighted by Crippen LogP contribution is -2.44. The van der Waals surface area contributed by atoms with E-state index in [0.29, 0.717) is 0 Å². The number of aromatic carboxylic acids is 4. The van der Waals surface area contributed by atoms with Crippen molar-refractivity contribution in [2.45, 2.75) is 11.3 Å². The van der Waals surface area contributed by atoms with Crippen LogP contribution in [0.3, 0.4) is 0 Å². The summed E-state index contributed by atoms with van der Waals surface area (Å²) < 4.78 is 43.0. The number of benzene rings is 4. The average molecular weight is 629 g/mol. The summed E-state index contributed by atoms with van der Waals surface area (Å²) in [6.45, 7) is 0. The zero-order valence-corrected chi connectivity index (χ0v) is 23.4. The molecule has 0 bridgehead atoms. The van der Waals surface area contributed by atoms with Crippen LogP contribution in [0, 0.1) is 0 Å². The largest absolute Gasteiger partial charge is 0.478 e. The second-order valence-corrected chi connectivity index (χ2v) is 10.0. The van der Waals surface area contributed by atoms with Crippen LogP contribution in [0.5, 0.6) is 23.0 Å². The van der Waals surface area contributed by atoms with Crippen molar-refractivity contribution in [3.05, 3.63) is 143 Å². The summed E-state index contributed by atoms with van der Waals surface area (Å²) >= 11 is 0. The molecular formula is C34H22F2O10. The first-order valence-electron chi connectivity index (χ1n) is 13.4. The predicted octanol–water partition coefficient (Wildman–Crippen LogP) is 7.11. The average Bonchev–Trinajstić information content (AvgIpc) is 3.01. The van der Waals surface area contributed by atoms with Crippen LogP contribution in [0.1, 0.15) is 52.6 Å². The highest BCUT2D eigenvalue weighted by Crippen LogP contribution is 2.49. The summed E-state index contributed by atoms with van der Waals surface area (Å²) in [5.74, 6) is -8.76. The number of ether oxygens (including phenoxy) is 2. The fourth-order valence-electron chi connectivity index (χ4n) is 5.11. The van der Waals surface area contributed by atoms with Gasteiger partial charge < -0.3 is 29.9 Å². The molecule has 0 aromatic heterocycles. The lowest BCUT2D eigenvalue weighted by Gasteiger charge is -2.39. The molecule has 0 atom stereocenters. The maximum absolute atomic E-state index is 15.8. The number of carboxylic acid groups (broad SMARTS) is 4. The van der Waals surface area contributed by atoms with Gasteiger partial charge in [0.05, 0.1) is 22.3 Å². The summed E-state index contributed by atoms with van der Waals surface area (Å²) in [6.07, 6.45) is 4.85. The summed E-state index contributed by atoms with van der Waals surface area (Å²) in [7, 11) is 0. The Labute approximate surface area is 258 Å². The van der Waals surface area contributed by atoms with Gasteiger partial charge in [0.2, 0.25) is 0 Å². The van der Waals surface area contributed by atoms with Crippen LogP contribution in [0.2, 0.25) is 0 Å². The third-order valence-corrected chi connectivity index (χ3v) is 7.28. The number of hydrogen-bond donors (Lipinski definition) is 4. The molecule has 0 unspecified atom stereocenters. The monoisotopic (exact) mass is 628 g/mol. The van der Waals surface area contributed by atoms with E-state index in [4.69, 9.17) is 9.47 Å². The second-order valence-electron chi connectivity index (χ2n) is 10.0. The molecule has 10 nitrogen and oxygen atoms in total. The van der Waals surface area contributed by atoms with E-state index in [2.05, 4.69) is 0 Å². The van der Waals surface area contributed by atoms with Crippen LogP contribution in [0.25, 0.3) is 0 Å². The molecule has 0 aliphatic heterocycles. The molecule has 0 radical (unpaired) electrons. The molecular weight excluding hydrogens is 606 g/mol. The number of halogens is 2. The Bertz CT molecular complexity index is 1810. The molecule has 0 saturated carbocycles. The minimum atomic E-state index is -3.40. The van der Waals surface area contributed by atoms with Crippen molar-refractivity contribution in [2.24, 2.45) is 0 Å². The lowest BCUT2D eigenvalue weighted by molar-refractivity contribution is 0.00434. The minimum absolute atomic E-state index is 0.0272. The van der Waals surface area contributed by atoms with Crippen molar-refractivity contribution in [3.8, 4) is 23.0 Å². The first-order chi connectivity index (χ1) is 21.8. The molecule has 0 heterocycles. The topological polar surface area (TPSA) is 168 Å². The molecule has 232 valence electrons. The SMILES string of the molecule is O=C(O)c1ccc(Oc2ccc(C3(c4ccc(Oc5ccc(C(=O)O)c(C(=O)O)c5)cc4)C=CC=CC3(F)F)cc2)cc1C(=O)O. The van der Waals surface area contributed by atoms with Crippen molar-refractivity contribution in [3.63, 3.8) is 0 Å². The highest BCUT2D eigenvalue weighted by molar-refractivity contribution is 6.02. The maximum atomic E-state index is 15.8. The first kappa shape index (κ1) is 31.1. The van der Waals surface area contributed by atoms with Gasteiger partial charge in [-0.1, -0.05) is 42.5 Å². The molecule has 1 aliphatic rings. The fraction of sp³-hybridized carbons (Fsp3) is 0.0588. The molecule has 5 rings (SSSR count). The molecule has 4 aromatic rings. The van der Waals surface area contributed by atoms with Crippen LogP contribution in [0.4, 0.5) is 8.78 Å². The standard InChI is InChI=1S/C34H22F2O10/c35-34(36)16-2-1-15-33(34,19-3-7-21(8-4-19)45-23-11-13-25(29(37)38)27(17-23)31(41)42)20-5-9-22(10-6-20)46-24-12-14-26(30(39)40)28(18-24)32(43)44/h1-18H,(H,37,38)(H,39,40)(H,41,42)(H,43,44). The molecule has 46 heavy (non-hydrogen) atoms. The van der Waals surface area contributed by atoms with Gasteiger partial charge in [0, 0.05) is 0 Å². The van der Waals surface area contributed by atoms with Gasteiger partial charge in [-0.05, 0) is 77.9 Å². The Balaban J connectivity index is 1.45. The Hall–Kier alpha value is -6.30. The van der Waals surface area contributed by atoms with E-state index in [1.165, 1.54) is 78.9 Å². The Kier molecular flexibility index (Phi) is 8.12. The first-order valence-corrected chi connectivity index (χ1v) is 13.4. The number of rotatable bonds is 10. The van der Waals surface area contributed by atoms with Crippen LogP contribution >= 0.6 is 0 Å². The van der Waals surface area contributed by atoms with E-state index < -0.39 is 57.5 Å². The summed E-state index contributed by atoms with van der Waals surface area (Å²) in [5.41, 5.74) is -3.41. The van der Waals surface area contributed by atoms with Crippen molar-refractivity contribution < 1.29 is 57.9 Å². The van der Waals surface area contributed by atoms with Gasteiger partial charge in [0.1, 0.15) is 28.4 Å². The number of carboxylic acids is 4. The molecule has 0 spiro atoms. The normalized spacial score (nSPS) is 14.3. The molecule has 0 fully saturated rings. The zero-order valence-electron chi connectivity index (χ0n) is 23.4. The summed E-state index contributed by atoms with van der Waals surface area (Å²) in [6, 6.07) is 18.2. The van der Waals surface area contributed by atoms with Gasteiger partial charge in [0.25, 0.3) is 5.92 Å². The lowest BCUT2D eigenvalue weighted by atomic mass is 9.68. The van der Waals surface area contributed by atoms with E-state index in [1.54, 1.807) is 0 Å². The molecule has 4 N–H and O–H groups in total. The summed E-state index contributed by atoms with van der Waals surface area (Å²) in [4.78, 5) is 45.7. The van der Waals surface area contributed by atoms with Crippen molar-refractivity contribution in [1.29, 1.82) is 0 Å². The minimum Gasteiger partial charge on any atom is -0.478 e. The summed E-state index contributed by atoms with van der Waals surface area (Å²) in [5, 5.41) is 37.2. The maximum Gasteiger partial charge on any atom is 0.336 e. The second kappa shape index (κ2) is 12.0. The number of alkyl halides is 2. The molecule has 12 heteroatoms. The molecule has 0 saturated heterocycles. The highest BCUT2D eigenvalue weighted by Gasteiger charge is 2.53. The van der Waals surface area contributed by atoms with E-state index in [0.717, 1.165) is 30.3 Å². The Morgan fingerprint density at radius 3 is 1.17 bits per heavy atom. The quantitative estimate of drug-likeness (QED) is 0.142. The number of allylic oxidation sites excluding steroid dienone is 4.